The first-order valence-corrected chi connectivity index (χ1v) is 8.55. The van der Waals surface area contributed by atoms with Crippen molar-refractivity contribution in [2.24, 2.45) is 0 Å². The predicted octanol–water partition coefficient (Wildman–Crippen LogP) is 3.13. The molecule has 6 heteroatoms. The van der Waals surface area contributed by atoms with E-state index in [1.807, 2.05) is 13.0 Å². The van der Waals surface area contributed by atoms with Crippen molar-refractivity contribution >= 4 is 26.6 Å². The number of nitrogens with one attached hydrogen (secondary N) is 2. The molecule has 0 saturated heterocycles. The minimum absolute atomic E-state index is 0.0269. The molecule has 0 bridgehead atoms. The fourth-order valence-corrected chi connectivity index (χ4v) is 3.67. The van der Waals surface area contributed by atoms with Crippen molar-refractivity contribution in [2.45, 2.75) is 11.8 Å². The molecule has 3 rings (SSSR count). The topological polar surface area (TPSA) is 85.8 Å². The molecule has 118 valence electrons. The molecule has 0 amide bonds. The van der Waals surface area contributed by atoms with Crippen LogP contribution in [0.2, 0.25) is 0 Å². The van der Waals surface area contributed by atoms with Gasteiger partial charge in [0.1, 0.15) is 0 Å². The highest BCUT2D eigenvalue weighted by Gasteiger charge is 2.18. The van der Waals surface area contributed by atoms with Crippen LogP contribution in [0, 0.1) is 30.6 Å². The SMILES string of the molecule is C#Cc1c[nH]c2c(NS(=O)(=O)c3cccc(C#N)c3)ccc(C)c12. The number of hydrogen-bond donors (Lipinski definition) is 2. The van der Waals surface area contributed by atoms with Crippen LogP contribution in [-0.4, -0.2) is 13.4 Å². The van der Waals surface area contributed by atoms with E-state index in [2.05, 4.69) is 15.6 Å². The average Bonchev–Trinajstić information content (AvgIpc) is 3.02. The summed E-state index contributed by atoms with van der Waals surface area (Å²) in [5, 5.41) is 9.74. The van der Waals surface area contributed by atoms with Crippen molar-refractivity contribution in [1.82, 2.24) is 4.98 Å². The number of hydrogen-bond acceptors (Lipinski definition) is 3. The molecule has 0 saturated carbocycles. The smallest absolute Gasteiger partial charge is 0.262 e. The minimum Gasteiger partial charge on any atom is -0.358 e. The molecule has 0 aliphatic rings. The second kappa shape index (κ2) is 5.77. The van der Waals surface area contributed by atoms with Crippen LogP contribution in [0.3, 0.4) is 0 Å². The van der Waals surface area contributed by atoms with E-state index in [0.29, 0.717) is 16.8 Å². The quantitative estimate of drug-likeness (QED) is 0.721. The summed E-state index contributed by atoms with van der Waals surface area (Å²) >= 11 is 0. The summed E-state index contributed by atoms with van der Waals surface area (Å²) in [5.41, 5.74) is 2.94. The molecule has 0 radical (unpaired) electrons. The van der Waals surface area contributed by atoms with Gasteiger partial charge < -0.3 is 4.98 Å². The number of terminal acetylenes is 1. The normalized spacial score (nSPS) is 11.0. The molecule has 0 aliphatic heterocycles. The number of sulfonamides is 1. The molecule has 2 aromatic carbocycles. The molecule has 0 spiro atoms. The Morgan fingerprint density at radius 1 is 1.25 bits per heavy atom. The molecule has 0 atom stereocenters. The number of nitrogens with zero attached hydrogens (tertiary/aromatic N) is 1. The Morgan fingerprint density at radius 2 is 2.04 bits per heavy atom. The van der Waals surface area contributed by atoms with Crippen LogP contribution in [0.25, 0.3) is 10.9 Å². The molecule has 0 fully saturated rings. The van der Waals surface area contributed by atoms with Gasteiger partial charge in [-0.15, -0.1) is 6.42 Å². The highest BCUT2D eigenvalue weighted by Crippen LogP contribution is 2.30. The Hall–Kier alpha value is -3.22. The summed E-state index contributed by atoms with van der Waals surface area (Å²) in [6.45, 7) is 1.91. The Labute approximate surface area is 140 Å². The Balaban J connectivity index is 2.10. The predicted molar refractivity (Wildman–Crippen MR) is 92.9 cm³/mol. The molecule has 0 unspecified atom stereocenters. The van der Waals surface area contributed by atoms with Gasteiger partial charge in [0, 0.05) is 17.1 Å². The highest BCUT2D eigenvalue weighted by molar-refractivity contribution is 7.92. The monoisotopic (exact) mass is 335 g/mol. The van der Waals surface area contributed by atoms with E-state index in [0.717, 1.165) is 10.9 Å². The number of H-pyrrole nitrogens is 1. The van der Waals surface area contributed by atoms with E-state index in [4.69, 9.17) is 11.7 Å². The second-order valence-corrected chi connectivity index (χ2v) is 6.95. The Morgan fingerprint density at radius 3 is 2.75 bits per heavy atom. The summed E-state index contributed by atoms with van der Waals surface area (Å²) in [5.74, 6) is 2.58. The Bertz CT molecular complexity index is 1130. The lowest BCUT2D eigenvalue weighted by molar-refractivity contribution is 0.601. The van der Waals surface area contributed by atoms with Crippen LogP contribution in [0.5, 0.6) is 0 Å². The molecule has 24 heavy (non-hydrogen) atoms. The van der Waals surface area contributed by atoms with E-state index >= 15 is 0 Å². The maximum absolute atomic E-state index is 12.6. The molecule has 3 aromatic rings. The summed E-state index contributed by atoms with van der Waals surface area (Å²) in [4.78, 5) is 3.05. The molecular formula is C18H13N3O2S. The fourth-order valence-electron chi connectivity index (χ4n) is 2.56. The third-order valence-electron chi connectivity index (χ3n) is 3.72. The van der Waals surface area contributed by atoms with Gasteiger partial charge in [0.25, 0.3) is 10.0 Å². The van der Waals surface area contributed by atoms with Gasteiger partial charge in [-0.3, -0.25) is 4.72 Å². The van der Waals surface area contributed by atoms with E-state index in [-0.39, 0.29) is 10.5 Å². The lowest BCUT2D eigenvalue weighted by Gasteiger charge is -2.10. The van der Waals surface area contributed by atoms with E-state index in [1.165, 1.54) is 18.2 Å². The number of fused-ring (bicyclic) bond motifs is 1. The van der Waals surface area contributed by atoms with Crippen LogP contribution in [0.4, 0.5) is 5.69 Å². The van der Waals surface area contributed by atoms with Gasteiger partial charge in [0.15, 0.2) is 0 Å². The van der Waals surface area contributed by atoms with Crippen LogP contribution in [0.15, 0.2) is 47.5 Å². The van der Waals surface area contributed by atoms with Crippen molar-refractivity contribution < 1.29 is 8.42 Å². The first kappa shape index (κ1) is 15.7. The van der Waals surface area contributed by atoms with Crippen molar-refractivity contribution in [3.63, 3.8) is 0 Å². The molecule has 5 nitrogen and oxygen atoms in total. The van der Waals surface area contributed by atoms with Gasteiger partial charge in [-0.1, -0.05) is 18.1 Å². The first-order chi connectivity index (χ1) is 11.5. The number of benzene rings is 2. The Kier molecular flexibility index (Phi) is 3.76. The summed E-state index contributed by atoms with van der Waals surface area (Å²) in [6.07, 6.45) is 7.16. The maximum Gasteiger partial charge on any atom is 0.262 e. The van der Waals surface area contributed by atoms with Gasteiger partial charge >= 0.3 is 0 Å². The zero-order valence-electron chi connectivity index (χ0n) is 12.8. The van der Waals surface area contributed by atoms with Crippen molar-refractivity contribution in [3.05, 3.63) is 59.3 Å². The summed E-state index contributed by atoms with van der Waals surface area (Å²) < 4.78 is 27.8. The van der Waals surface area contributed by atoms with Crippen molar-refractivity contribution in [3.8, 4) is 18.4 Å². The van der Waals surface area contributed by atoms with E-state index in [1.54, 1.807) is 24.4 Å². The lowest BCUT2D eigenvalue weighted by Crippen LogP contribution is -2.13. The number of anilines is 1. The lowest BCUT2D eigenvalue weighted by atomic mass is 10.1. The van der Waals surface area contributed by atoms with Crippen LogP contribution < -0.4 is 4.72 Å². The van der Waals surface area contributed by atoms with Gasteiger partial charge in [-0.25, -0.2) is 8.42 Å². The van der Waals surface area contributed by atoms with Gasteiger partial charge in [-0.05, 0) is 36.8 Å². The third-order valence-corrected chi connectivity index (χ3v) is 5.08. The molecular weight excluding hydrogens is 322 g/mol. The molecule has 1 aromatic heterocycles. The molecule has 0 aliphatic carbocycles. The van der Waals surface area contributed by atoms with Gasteiger partial charge in [0.2, 0.25) is 0 Å². The second-order valence-electron chi connectivity index (χ2n) is 5.27. The average molecular weight is 335 g/mol. The van der Waals surface area contributed by atoms with Crippen molar-refractivity contribution in [2.75, 3.05) is 4.72 Å². The van der Waals surface area contributed by atoms with E-state index in [9.17, 15) is 8.42 Å². The zero-order chi connectivity index (χ0) is 17.3. The van der Waals surface area contributed by atoms with Gasteiger partial charge in [0.05, 0.1) is 27.7 Å². The van der Waals surface area contributed by atoms with Crippen LogP contribution >= 0.6 is 0 Å². The molecule has 1 heterocycles. The number of aromatic amines is 1. The summed E-state index contributed by atoms with van der Waals surface area (Å²) in [6, 6.07) is 11.3. The minimum atomic E-state index is -3.82. The van der Waals surface area contributed by atoms with Gasteiger partial charge in [-0.2, -0.15) is 5.26 Å². The first-order valence-electron chi connectivity index (χ1n) is 7.06. The fraction of sp³-hybridized carbons (Fsp3) is 0.0556. The number of nitriles is 1. The standard InChI is InChI=1S/C18H13N3O2S/c1-3-14-11-20-18-16(8-7-12(2)17(14)18)21-24(22,23)15-6-4-5-13(9-15)10-19/h1,4-9,11,20-21H,2H3. The number of aromatic nitrogens is 1. The van der Waals surface area contributed by atoms with Crippen molar-refractivity contribution in [1.29, 1.82) is 5.26 Å². The number of aryl methyl sites for hydroxylation is 1. The molecule has 2 N–H and O–H groups in total. The third kappa shape index (κ3) is 2.60. The van der Waals surface area contributed by atoms with Crippen LogP contribution in [-0.2, 0) is 10.0 Å². The maximum atomic E-state index is 12.6. The number of rotatable bonds is 3. The largest absolute Gasteiger partial charge is 0.358 e. The van der Waals surface area contributed by atoms with Crippen LogP contribution in [0.1, 0.15) is 16.7 Å². The highest BCUT2D eigenvalue weighted by atomic mass is 32.2. The summed E-state index contributed by atoms with van der Waals surface area (Å²) in [7, 11) is -3.82. The zero-order valence-corrected chi connectivity index (χ0v) is 13.6. The van der Waals surface area contributed by atoms with E-state index < -0.39 is 10.0 Å².